The molecule has 0 aliphatic heterocycles. The molecule has 0 spiro atoms. The molecule has 0 saturated carbocycles. The minimum absolute atomic E-state index is 0.000579. The molecule has 0 radical (unpaired) electrons. The lowest BCUT2D eigenvalue weighted by molar-refractivity contribution is -0.00229. The lowest BCUT2D eigenvalue weighted by Gasteiger charge is -2.23. The third kappa shape index (κ3) is 1.48. The molecular formula is C10H6BrClF2. The quantitative estimate of drug-likeness (QED) is 0.652. The van der Waals surface area contributed by atoms with Gasteiger partial charge in [-0.25, -0.2) is 8.78 Å². The number of fused-ring (bicyclic) bond motifs is 1. The van der Waals surface area contributed by atoms with Crippen LogP contribution in [0.2, 0.25) is 5.02 Å². The maximum absolute atomic E-state index is 13.4. The Balaban J connectivity index is 2.72. The zero-order chi connectivity index (χ0) is 10.3. The monoisotopic (exact) mass is 278 g/mol. The summed E-state index contributed by atoms with van der Waals surface area (Å²) in [6.45, 7) is 0. The fourth-order valence-electron chi connectivity index (χ4n) is 1.50. The van der Waals surface area contributed by atoms with E-state index < -0.39 is 5.92 Å². The second-order valence-corrected chi connectivity index (χ2v) is 4.38. The van der Waals surface area contributed by atoms with E-state index in [0.717, 1.165) is 0 Å². The minimum Gasteiger partial charge on any atom is -0.201 e. The standard InChI is InChI=1S/C10H6BrClF2/c11-7-4-5-10(13,14)6-2-1-3-8(12)9(6)7/h1-4H,5H2. The number of hydrogen-bond donors (Lipinski definition) is 0. The molecule has 0 amide bonds. The van der Waals surface area contributed by atoms with E-state index in [4.69, 9.17) is 11.6 Å². The highest BCUT2D eigenvalue weighted by Crippen LogP contribution is 2.45. The van der Waals surface area contributed by atoms with Crippen molar-refractivity contribution in [1.29, 1.82) is 0 Å². The van der Waals surface area contributed by atoms with Crippen molar-refractivity contribution in [2.24, 2.45) is 0 Å². The lowest BCUT2D eigenvalue weighted by atomic mass is 9.94. The zero-order valence-electron chi connectivity index (χ0n) is 7.03. The highest BCUT2D eigenvalue weighted by Gasteiger charge is 2.37. The van der Waals surface area contributed by atoms with Gasteiger partial charge in [0.15, 0.2) is 0 Å². The molecule has 14 heavy (non-hydrogen) atoms. The van der Waals surface area contributed by atoms with Crippen LogP contribution in [0.3, 0.4) is 0 Å². The van der Waals surface area contributed by atoms with E-state index in [1.54, 1.807) is 12.1 Å². The van der Waals surface area contributed by atoms with Crippen LogP contribution in [-0.4, -0.2) is 0 Å². The van der Waals surface area contributed by atoms with Crippen LogP contribution in [-0.2, 0) is 5.92 Å². The molecule has 1 aliphatic rings. The van der Waals surface area contributed by atoms with Gasteiger partial charge in [-0.3, -0.25) is 0 Å². The van der Waals surface area contributed by atoms with Gasteiger partial charge < -0.3 is 0 Å². The molecule has 1 aromatic rings. The molecule has 0 heterocycles. The zero-order valence-corrected chi connectivity index (χ0v) is 9.37. The number of hydrogen-bond acceptors (Lipinski definition) is 0. The normalized spacial score (nSPS) is 18.7. The van der Waals surface area contributed by atoms with E-state index in [0.29, 0.717) is 15.1 Å². The van der Waals surface area contributed by atoms with Crippen LogP contribution in [0.1, 0.15) is 17.5 Å². The van der Waals surface area contributed by atoms with Crippen LogP contribution >= 0.6 is 27.5 Å². The molecule has 4 heteroatoms. The first-order valence-corrected chi connectivity index (χ1v) is 5.22. The fraction of sp³-hybridized carbons (Fsp3) is 0.200. The van der Waals surface area contributed by atoms with Crippen LogP contribution in [0.5, 0.6) is 0 Å². The number of benzene rings is 1. The topological polar surface area (TPSA) is 0 Å². The van der Waals surface area contributed by atoms with E-state index in [-0.39, 0.29) is 12.0 Å². The van der Waals surface area contributed by atoms with Crippen molar-refractivity contribution < 1.29 is 8.78 Å². The van der Waals surface area contributed by atoms with Crippen LogP contribution in [0.25, 0.3) is 4.48 Å². The van der Waals surface area contributed by atoms with Crippen LogP contribution in [0.15, 0.2) is 24.3 Å². The summed E-state index contributed by atoms with van der Waals surface area (Å²) in [7, 11) is 0. The Hall–Kier alpha value is -0.410. The maximum Gasteiger partial charge on any atom is 0.277 e. The second-order valence-electron chi connectivity index (χ2n) is 3.12. The van der Waals surface area contributed by atoms with Gasteiger partial charge in [-0.05, 0) is 6.07 Å². The fourth-order valence-corrected chi connectivity index (χ4v) is 2.48. The minimum atomic E-state index is -2.81. The maximum atomic E-state index is 13.4. The summed E-state index contributed by atoms with van der Waals surface area (Å²) in [5.74, 6) is -2.81. The van der Waals surface area contributed by atoms with Crippen LogP contribution in [0.4, 0.5) is 8.78 Å². The van der Waals surface area contributed by atoms with Gasteiger partial charge in [0.05, 0.1) is 0 Å². The Morgan fingerprint density at radius 2 is 2.07 bits per heavy atom. The molecule has 0 atom stereocenters. The third-order valence-electron chi connectivity index (χ3n) is 2.18. The van der Waals surface area contributed by atoms with Crippen molar-refractivity contribution in [1.82, 2.24) is 0 Å². The molecule has 0 fully saturated rings. The Bertz CT molecular complexity index is 413. The van der Waals surface area contributed by atoms with Gasteiger partial charge in [-0.15, -0.1) is 0 Å². The Morgan fingerprint density at radius 1 is 1.36 bits per heavy atom. The Morgan fingerprint density at radius 3 is 2.71 bits per heavy atom. The van der Waals surface area contributed by atoms with Gasteiger partial charge in [0.2, 0.25) is 0 Å². The summed E-state index contributed by atoms with van der Waals surface area (Å²) in [5.41, 5.74) is 0.407. The molecule has 74 valence electrons. The van der Waals surface area contributed by atoms with Crippen molar-refractivity contribution in [3.05, 3.63) is 40.4 Å². The largest absolute Gasteiger partial charge is 0.277 e. The van der Waals surface area contributed by atoms with E-state index in [1.165, 1.54) is 12.1 Å². The molecule has 0 bridgehead atoms. The van der Waals surface area contributed by atoms with E-state index in [9.17, 15) is 8.78 Å². The Kier molecular flexibility index (Phi) is 2.40. The first-order chi connectivity index (χ1) is 6.52. The van der Waals surface area contributed by atoms with Crippen LogP contribution < -0.4 is 0 Å². The van der Waals surface area contributed by atoms with Crippen molar-refractivity contribution in [2.75, 3.05) is 0 Å². The molecule has 0 nitrogen and oxygen atoms in total. The smallest absolute Gasteiger partial charge is 0.201 e. The van der Waals surface area contributed by atoms with E-state index >= 15 is 0 Å². The van der Waals surface area contributed by atoms with Gasteiger partial charge in [0, 0.05) is 27.1 Å². The number of alkyl halides is 2. The molecule has 0 N–H and O–H groups in total. The number of halogens is 4. The molecule has 1 aliphatic carbocycles. The summed E-state index contributed by atoms with van der Waals surface area (Å²) in [4.78, 5) is 0. The predicted octanol–water partition coefficient (Wildman–Crippen LogP) is 4.57. The summed E-state index contributed by atoms with van der Waals surface area (Å²) in [5, 5.41) is 0.352. The van der Waals surface area contributed by atoms with Crippen molar-refractivity contribution in [3.8, 4) is 0 Å². The first-order valence-electron chi connectivity index (χ1n) is 4.05. The summed E-state index contributed by atoms with van der Waals surface area (Å²) in [6, 6.07) is 4.56. The second kappa shape index (κ2) is 3.31. The van der Waals surface area contributed by atoms with E-state index in [2.05, 4.69) is 15.9 Å². The molecule has 0 aromatic heterocycles. The highest BCUT2D eigenvalue weighted by molar-refractivity contribution is 9.15. The predicted molar refractivity (Wildman–Crippen MR) is 56.9 cm³/mol. The van der Waals surface area contributed by atoms with E-state index in [1.807, 2.05) is 0 Å². The van der Waals surface area contributed by atoms with Crippen molar-refractivity contribution >= 4 is 32.0 Å². The summed E-state index contributed by atoms with van der Waals surface area (Å²) in [6.07, 6.45) is 1.18. The summed E-state index contributed by atoms with van der Waals surface area (Å²) >= 11 is 9.09. The average molecular weight is 280 g/mol. The molecular weight excluding hydrogens is 273 g/mol. The SMILES string of the molecule is FC1(F)CC=C(Br)c2c(Cl)cccc21. The molecule has 2 rings (SSSR count). The van der Waals surface area contributed by atoms with Gasteiger partial charge >= 0.3 is 0 Å². The lowest BCUT2D eigenvalue weighted by Crippen LogP contribution is -2.17. The average Bonchev–Trinajstić information content (AvgIpc) is 2.12. The number of allylic oxidation sites excluding steroid dienone is 1. The molecule has 1 aromatic carbocycles. The highest BCUT2D eigenvalue weighted by atomic mass is 79.9. The van der Waals surface area contributed by atoms with Crippen molar-refractivity contribution in [2.45, 2.75) is 12.3 Å². The van der Waals surface area contributed by atoms with Crippen LogP contribution in [0, 0.1) is 0 Å². The third-order valence-corrected chi connectivity index (χ3v) is 3.22. The molecule has 0 unspecified atom stereocenters. The molecule has 0 saturated heterocycles. The first kappa shape index (κ1) is 10.1. The van der Waals surface area contributed by atoms with Gasteiger partial charge in [0.1, 0.15) is 0 Å². The Labute approximate surface area is 93.7 Å². The van der Waals surface area contributed by atoms with Gasteiger partial charge in [-0.2, -0.15) is 0 Å². The van der Waals surface area contributed by atoms with Gasteiger partial charge in [0.25, 0.3) is 5.92 Å². The number of rotatable bonds is 0. The van der Waals surface area contributed by atoms with Gasteiger partial charge in [-0.1, -0.05) is 45.7 Å². The van der Waals surface area contributed by atoms with Crippen molar-refractivity contribution in [3.63, 3.8) is 0 Å². The summed E-state index contributed by atoms with van der Waals surface area (Å²) < 4.78 is 27.5.